The van der Waals surface area contributed by atoms with Gasteiger partial charge in [-0.25, -0.2) is 9.59 Å². The van der Waals surface area contributed by atoms with Crippen LogP contribution in [-0.2, 0) is 16.1 Å². The van der Waals surface area contributed by atoms with Gasteiger partial charge < -0.3 is 9.84 Å². The molecule has 1 aromatic carbocycles. The number of hydrogen-bond donors (Lipinski definition) is 1. The molecule has 1 saturated heterocycles. The zero-order valence-corrected chi connectivity index (χ0v) is 14.6. The zero-order valence-electron chi connectivity index (χ0n) is 14.6. The number of amides is 1. The predicted octanol–water partition coefficient (Wildman–Crippen LogP) is 4.07. The number of likely N-dealkylation sites (tertiary alicyclic amines) is 1. The lowest BCUT2D eigenvalue weighted by atomic mass is 9.75. The van der Waals surface area contributed by atoms with Gasteiger partial charge in [0.05, 0.1) is 0 Å². The quantitative estimate of drug-likeness (QED) is 0.893. The average Bonchev–Trinajstić information content (AvgIpc) is 2.67. The van der Waals surface area contributed by atoms with Crippen LogP contribution in [0.15, 0.2) is 30.3 Å². The molecule has 1 aromatic rings. The molecule has 2 atom stereocenters. The second kappa shape index (κ2) is 8.37. The van der Waals surface area contributed by atoms with Crippen molar-refractivity contribution in [2.75, 3.05) is 6.54 Å². The highest BCUT2D eigenvalue weighted by atomic mass is 16.6. The van der Waals surface area contributed by atoms with E-state index >= 15 is 0 Å². The van der Waals surface area contributed by atoms with Crippen molar-refractivity contribution >= 4 is 12.1 Å². The predicted molar refractivity (Wildman–Crippen MR) is 94.1 cm³/mol. The van der Waals surface area contributed by atoms with E-state index in [0.29, 0.717) is 24.8 Å². The van der Waals surface area contributed by atoms with E-state index in [-0.39, 0.29) is 6.61 Å². The number of aliphatic carboxylic acids is 1. The zero-order chi connectivity index (χ0) is 17.6. The molecule has 2 fully saturated rings. The number of carbonyl (C=O) groups is 2. The Morgan fingerprint density at radius 3 is 2.40 bits per heavy atom. The standard InChI is InChI=1S/C20H27NO4/c22-19(23)18-12-11-17(16-9-5-2-6-10-16)13-21(18)20(24)25-14-15-7-3-1-4-8-15/h1,3-4,7-8,16-18H,2,5-6,9-14H2,(H,22,23)/t17-,18-/m0/s1. The van der Waals surface area contributed by atoms with E-state index < -0.39 is 18.1 Å². The molecule has 1 saturated carbocycles. The summed E-state index contributed by atoms with van der Waals surface area (Å²) in [5.41, 5.74) is 0.906. The largest absolute Gasteiger partial charge is 0.480 e. The third-order valence-electron chi connectivity index (χ3n) is 5.66. The van der Waals surface area contributed by atoms with Gasteiger partial charge in [-0.3, -0.25) is 4.90 Å². The Morgan fingerprint density at radius 2 is 1.72 bits per heavy atom. The first kappa shape index (κ1) is 17.8. The minimum Gasteiger partial charge on any atom is -0.480 e. The summed E-state index contributed by atoms with van der Waals surface area (Å²) >= 11 is 0. The van der Waals surface area contributed by atoms with Crippen molar-refractivity contribution in [3.05, 3.63) is 35.9 Å². The molecule has 3 rings (SSSR count). The van der Waals surface area contributed by atoms with E-state index in [2.05, 4.69) is 0 Å². The number of nitrogens with zero attached hydrogens (tertiary/aromatic N) is 1. The Hall–Kier alpha value is -2.04. The minimum atomic E-state index is -0.932. The fraction of sp³-hybridized carbons (Fsp3) is 0.600. The van der Waals surface area contributed by atoms with Crippen molar-refractivity contribution in [2.45, 2.75) is 57.6 Å². The molecule has 1 aliphatic heterocycles. The maximum Gasteiger partial charge on any atom is 0.410 e. The summed E-state index contributed by atoms with van der Waals surface area (Å²) in [7, 11) is 0. The topological polar surface area (TPSA) is 66.8 Å². The van der Waals surface area contributed by atoms with Gasteiger partial charge in [-0.1, -0.05) is 62.4 Å². The van der Waals surface area contributed by atoms with Crippen LogP contribution in [0.25, 0.3) is 0 Å². The number of carboxylic acids is 1. The van der Waals surface area contributed by atoms with Crippen LogP contribution in [0.3, 0.4) is 0 Å². The summed E-state index contributed by atoms with van der Waals surface area (Å²) in [6.45, 7) is 0.686. The third-order valence-corrected chi connectivity index (χ3v) is 5.66. The van der Waals surface area contributed by atoms with E-state index in [4.69, 9.17) is 4.74 Å². The molecular weight excluding hydrogens is 318 g/mol. The van der Waals surface area contributed by atoms with Gasteiger partial charge in [-0.2, -0.15) is 0 Å². The summed E-state index contributed by atoms with van der Waals surface area (Å²) < 4.78 is 5.41. The van der Waals surface area contributed by atoms with Crippen LogP contribution >= 0.6 is 0 Å². The van der Waals surface area contributed by atoms with Gasteiger partial charge in [-0.15, -0.1) is 0 Å². The highest BCUT2D eigenvalue weighted by Gasteiger charge is 2.39. The van der Waals surface area contributed by atoms with Crippen LogP contribution in [0.5, 0.6) is 0 Å². The molecule has 1 amide bonds. The van der Waals surface area contributed by atoms with Crippen molar-refractivity contribution in [1.82, 2.24) is 4.90 Å². The molecule has 25 heavy (non-hydrogen) atoms. The molecule has 1 heterocycles. The number of ether oxygens (including phenoxy) is 1. The highest BCUT2D eigenvalue weighted by molar-refractivity contribution is 5.80. The number of piperidine rings is 1. The van der Waals surface area contributed by atoms with Crippen LogP contribution < -0.4 is 0 Å². The van der Waals surface area contributed by atoms with Crippen LogP contribution in [0.4, 0.5) is 4.79 Å². The summed E-state index contributed by atoms with van der Waals surface area (Å²) in [6.07, 6.45) is 7.12. The first-order valence-electron chi connectivity index (χ1n) is 9.35. The van der Waals surface area contributed by atoms with Gasteiger partial charge in [0.1, 0.15) is 12.6 Å². The monoisotopic (exact) mass is 345 g/mol. The Labute approximate surface area is 149 Å². The van der Waals surface area contributed by atoms with E-state index in [1.165, 1.54) is 37.0 Å². The average molecular weight is 345 g/mol. The summed E-state index contributed by atoms with van der Waals surface area (Å²) in [5.74, 6) is 0.0897. The Bertz CT molecular complexity index is 583. The van der Waals surface area contributed by atoms with Crippen LogP contribution in [0, 0.1) is 11.8 Å². The molecule has 0 radical (unpaired) electrons. The van der Waals surface area contributed by atoms with Gasteiger partial charge in [-0.05, 0) is 30.2 Å². The number of hydrogen-bond acceptors (Lipinski definition) is 3. The molecule has 0 spiro atoms. The van der Waals surface area contributed by atoms with E-state index in [9.17, 15) is 14.7 Å². The maximum absolute atomic E-state index is 12.6. The second-order valence-corrected chi connectivity index (χ2v) is 7.28. The molecule has 1 aliphatic carbocycles. The summed E-state index contributed by atoms with van der Waals surface area (Å²) in [4.78, 5) is 25.6. The fourth-order valence-electron chi connectivity index (χ4n) is 4.25. The SMILES string of the molecule is O=C(O)[C@@H]1CC[C@H](C2CCCCC2)CN1C(=O)OCc1ccccc1. The Kier molecular flexibility index (Phi) is 5.95. The summed E-state index contributed by atoms with van der Waals surface area (Å²) in [6, 6.07) is 8.71. The third kappa shape index (κ3) is 4.53. The van der Waals surface area contributed by atoms with Crippen LogP contribution in [0.2, 0.25) is 0 Å². The number of rotatable bonds is 4. The molecule has 5 heteroatoms. The summed E-state index contributed by atoms with van der Waals surface area (Å²) in [5, 5.41) is 9.49. The lowest BCUT2D eigenvalue weighted by Gasteiger charge is -2.41. The lowest BCUT2D eigenvalue weighted by molar-refractivity contribution is -0.144. The van der Waals surface area contributed by atoms with Crippen molar-refractivity contribution in [3.8, 4) is 0 Å². The molecule has 0 aromatic heterocycles. The number of carbonyl (C=O) groups excluding carboxylic acids is 1. The van der Waals surface area contributed by atoms with Crippen molar-refractivity contribution in [1.29, 1.82) is 0 Å². The Morgan fingerprint density at radius 1 is 1.00 bits per heavy atom. The molecule has 136 valence electrons. The Balaban J connectivity index is 1.63. The van der Waals surface area contributed by atoms with Gasteiger partial charge >= 0.3 is 12.1 Å². The van der Waals surface area contributed by atoms with Crippen LogP contribution in [-0.4, -0.2) is 34.7 Å². The lowest BCUT2D eigenvalue weighted by Crippen LogP contribution is -2.52. The van der Waals surface area contributed by atoms with Gasteiger partial charge in [0.15, 0.2) is 0 Å². The van der Waals surface area contributed by atoms with E-state index in [1.54, 1.807) is 0 Å². The van der Waals surface area contributed by atoms with Crippen LogP contribution in [0.1, 0.15) is 50.5 Å². The van der Waals surface area contributed by atoms with Crippen molar-refractivity contribution < 1.29 is 19.4 Å². The van der Waals surface area contributed by atoms with Gasteiger partial charge in [0, 0.05) is 6.54 Å². The molecule has 1 N–H and O–H groups in total. The van der Waals surface area contributed by atoms with Crippen molar-refractivity contribution in [3.63, 3.8) is 0 Å². The molecule has 5 nitrogen and oxygen atoms in total. The molecule has 0 unspecified atom stereocenters. The fourth-order valence-corrected chi connectivity index (χ4v) is 4.25. The minimum absolute atomic E-state index is 0.177. The van der Waals surface area contributed by atoms with Gasteiger partial charge in [0.2, 0.25) is 0 Å². The van der Waals surface area contributed by atoms with E-state index in [1.807, 2.05) is 30.3 Å². The first-order valence-corrected chi connectivity index (χ1v) is 9.35. The van der Waals surface area contributed by atoms with Gasteiger partial charge in [0.25, 0.3) is 0 Å². The van der Waals surface area contributed by atoms with Crippen molar-refractivity contribution in [2.24, 2.45) is 11.8 Å². The number of carboxylic acid groups (broad SMARTS) is 1. The highest BCUT2D eigenvalue weighted by Crippen LogP contribution is 2.36. The normalized spacial score (nSPS) is 24.7. The molecule has 2 aliphatic rings. The van der Waals surface area contributed by atoms with E-state index in [0.717, 1.165) is 12.0 Å². The first-order chi connectivity index (χ1) is 12.1. The maximum atomic E-state index is 12.6. The molecular formula is C20H27NO4. The second-order valence-electron chi connectivity index (χ2n) is 7.28. The number of benzene rings is 1. The molecule has 0 bridgehead atoms. The smallest absolute Gasteiger partial charge is 0.410 e.